The first kappa shape index (κ1) is 19.9. The summed E-state index contributed by atoms with van der Waals surface area (Å²) in [7, 11) is -1.18. The molecule has 136 valence electrons. The molecule has 0 fully saturated rings. The number of ether oxygens (including phenoxy) is 2. The summed E-state index contributed by atoms with van der Waals surface area (Å²) in [6.45, 7) is 7.86. The van der Waals surface area contributed by atoms with Crippen LogP contribution in [0.2, 0.25) is 25.7 Å². The first-order valence-electron chi connectivity index (χ1n) is 8.02. The Labute approximate surface area is 162 Å². The molecule has 0 radical (unpaired) electrons. The highest BCUT2D eigenvalue weighted by Gasteiger charge is 2.23. The van der Waals surface area contributed by atoms with Crippen molar-refractivity contribution in [2.24, 2.45) is 0 Å². The molecule has 8 heteroatoms. The molecule has 2 rings (SSSR count). The van der Waals surface area contributed by atoms with Gasteiger partial charge in [0.2, 0.25) is 5.88 Å². The maximum Gasteiger partial charge on any atom is 0.355 e. The molecule has 0 aliphatic rings. The van der Waals surface area contributed by atoms with Gasteiger partial charge in [0.25, 0.3) is 0 Å². The summed E-state index contributed by atoms with van der Waals surface area (Å²) in [5.74, 6) is -0.726. The minimum Gasteiger partial charge on any atom is -0.476 e. The molecule has 0 spiro atoms. The van der Waals surface area contributed by atoms with Gasteiger partial charge >= 0.3 is 5.97 Å². The van der Waals surface area contributed by atoms with E-state index in [0.717, 1.165) is 11.6 Å². The maximum atomic E-state index is 11.6. The van der Waals surface area contributed by atoms with E-state index < -0.39 is 14.0 Å². The SMILES string of the molecule is C[Si](C)(C)CCOCn1nc(OCc2ccccc2)c(I)c1C(=O)O. The highest BCUT2D eigenvalue weighted by Crippen LogP contribution is 2.25. The monoisotopic (exact) mass is 474 g/mol. The van der Waals surface area contributed by atoms with Crippen LogP contribution in [-0.2, 0) is 18.1 Å². The number of aromatic carboxylic acids is 1. The van der Waals surface area contributed by atoms with Gasteiger partial charge in [-0.3, -0.25) is 0 Å². The number of carbonyl (C=O) groups is 1. The van der Waals surface area contributed by atoms with Crippen molar-refractivity contribution < 1.29 is 19.4 Å². The van der Waals surface area contributed by atoms with Crippen molar-refractivity contribution in [1.29, 1.82) is 0 Å². The van der Waals surface area contributed by atoms with E-state index in [-0.39, 0.29) is 12.4 Å². The fourth-order valence-electron chi connectivity index (χ4n) is 2.06. The third-order valence-electron chi connectivity index (χ3n) is 3.50. The molecule has 1 N–H and O–H groups in total. The average molecular weight is 474 g/mol. The van der Waals surface area contributed by atoms with Gasteiger partial charge in [0, 0.05) is 14.7 Å². The number of halogens is 1. The molecule has 1 heterocycles. The molecule has 0 saturated heterocycles. The molecular formula is C17H23IN2O4Si. The molecule has 0 bridgehead atoms. The van der Waals surface area contributed by atoms with Gasteiger partial charge in [-0.2, -0.15) is 0 Å². The zero-order valence-corrected chi connectivity index (χ0v) is 17.8. The lowest BCUT2D eigenvalue weighted by Gasteiger charge is -2.15. The largest absolute Gasteiger partial charge is 0.476 e. The number of benzene rings is 1. The Morgan fingerprint density at radius 2 is 1.96 bits per heavy atom. The molecule has 1 aromatic carbocycles. The van der Waals surface area contributed by atoms with E-state index in [9.17, 15) is 9.90 Å². The Morgan fingerprint density at radius 1 is 1.28 bits per heavy atom. The summed E-state index contributed by atoms with van der Waals surface area (Å²) < 4.78 is 13.2. The maximum absolute atomic E-state index is 11.6. The first-order chi connectivity index (χ1) is 11.8. The van der Waals surface area contributed by atoms with Crippen LogP contribution >= 0.6 is 22.6 Å². The summed E-state index contributed by atoms with van der Waals surface area (Å²) in [5.41, 5.74) is 1.09. The van der Waals surface area contributed by atoms with Crippen LogP contribution in [0.1, 0.15) is 16.1 Å². The molecule has 1 aromatic heterocycles. The van der Waals surface area contributed by atoms with Gasteiger partial charge in [0.1, 0.15) is 16.9 Å². The Balaban J connectivity index is 2.05. The van der Waals surface area contributed by atoms with Crippen LogP contribution in [-0.4, -0.2) is 35.5 Å². The second-order valence-electron chi connectivity index (χ2n) is 6.89. The Bertz CT molecular complexity index is 713. The lowest BCUT2D eigenvalue weighted by molar-refractivity contribution is 0.0586. The zero-order chi connectivity index (χ0) is 18.4. The van der Waals surface area contributed by atoms with Gasteiger partial charge in [0.15, 0.2) is 5.69 Å². The quantitative estimate of drug-likeness (QED) is 0.337. The number of rotatable bonds is 9. The summed E-state index contributed by atoms with van der Waals surface area (Å²) in [6, 6.07) is 10.7. The zero-order valence-electron chi connectivity index (χ0n) is 14.7. The van der Waals surface area contributed by atoms with Gasteiger partial charge in [-0.05, 0) is 34.2 Å². The number of carboxylic acids is 1. The second-order valence-corrected chi connectivity index (χ2v) is 13.6. The van der Waals surface area contributed by atoms with E-state index in [0.29, 0.717) is 22.7 Å². The fraction of sp³-hybridized carbons (Fsp3) is 0.412. The number of aromatic nitrogens is 2. The van der Waals surface area contributed by atoms with Crippen LogP contribution in [0, 0.1) is 3.57 Å². The van der Waals surface area contributed by atoms with Crippen molar-refractivity contribution in [2.75, 3.05) is 6.61 Å². The molecule has 6 nitrogen and oxygen atoms in total. The Hall–Kier alpha value is -1.39. The van der Waals surface area contributed by atoms with Crippen LogP contribution < -0.4 is 4.74 Å². The summed E-state index contributed by atoms with van der Waals surface area (Å²) in [4.78, 5) is 11.6. The van der Waals surface area contributed by atoms with Crippen molar-refractivity contribution in [3.63, 3.8) is 0 Å². The predicted molar refractivity (Wildman–Crippen MR) is 107 cm³/mol. The smallest absolute Gasteiger partial charge is 0.355 e. The molecule has 0 aliphatic heterocycles. The number of hydrogen-bond donors (Lipinski definition) is 1. The lowest BCUT2D eigenvalue weighted by atomic mass is 10.2. The molecule has 0 saturated carbocycles. The van der Waals surface area contributed by atoms with Crippen molar-refractivity contribution >= 4 is 36.6 Å². The molecule has 0 amide bonds. The van der Waals surface area contributed by atoms with Crippen molar-refractivity contribution in [3.8, 4) is 5.88 Å². The average Bonchev–Trinajstić information content (AvgIpc) is 2.86. The Kier molecular flexibility index (Phi) is 7.02. The van der Waals surface area contributed by atoms with E-state index in [4.69, 9.17) is 9.47 Å². The number of nitrogens with zero attached hydrogens (tertiary/aromatic N) is 2. The van der Waals surface area contributed by atoms with Crippen LogP contribution in [0.15, 0.2) is 30.3 Å². The molecule has 25 heavy (non-hydrogen) atoms. The summed E-state index contributed by atoms with van der Waals surface area (Å²) in [6.07, 6.45) is 0. The Morgan fingerprint density at radius 3 is 2.56 bits per heavy atom. The highest BCUT2D eigenvalue weighted by molar-refractivity contribution is 14.1. The van der Waals surface area contributed by atoms with Gasteiger partial charge in [-0.25, -0.2) is 9.48 Å². The fourth-order valence-corrected chi connectivity index (χ4v) is 3.59. The van der Waals surface area contributed by atoms with E-state index >= 15 is 0 Å². The van der Waals surface area contributed by atoms with Crippen molar-refractivity contribution in [2.45, 2.75) is 39.0 Å². The van der Waals surface area contributed by atoms with E-state index in [2.05, 4.69) is 24.7 Å². The van der Waals surface area contributed by atoms with E-state index in [1.54, 1.807) is 0 Å². The van der Waals surface area contributed by atoms with Gasteiger partial charge in [0.05, 0.1) is 0 Å². The molecule has 0 atom stereocenters. The van der Waals surface area contributed by atoms with Gasteiger partial charge < -0.3 is 14.6 Å². The second kappa shape index (κ2) is 8.81. The summed E-state index contributed by atoms with van der Waals surface area (Å²) in [5, 5.41) is 13.7. The minimum atomic E-state index is -1.18. The topological polar surface area (TPSA) is 73.6 Å². The minimum absolute atomic E-state index is 0.0941. The molecule has 2 aromatic rings. The predicted octanol–water partition coefficient (Wildman–Crippen LogP) is 4.08. The van der Waals surface area contributed by atoms with Crippen molar-refractivity contribution in [1.82, 2.24) is 9.78 Å². The van der Waals surface area contributed by atoms with Gasteiger partial charge in [-0.15, -0.1) is 5.10 Å². The third kappa shape index (κ3) is 6.12. The van der Waals surface area contributed by atoms with Crippen LogP contribution in [0.4, 0.5) is 0 Å². The number of carboxylic acid groups (broad SMARTS) is 1. The van der Waals surface area contributed by atoms with Gasteiger partial charge in [-0.1, -0.05) is 50.0 Å². The molecule has 0 unspecified atom stereocenters. The highest BCUT2D eigenvalue weighted by atomic mass is 127. The van der Waals surface area contributed by atoms with Crippen LogP contribution in [0.5, 0.6) is 5.88 Å². The first-order valence-corrected chi connectivity index (χ1v) is 12.8. The van der Waals surface area contributed by atoms with Crippen LogP contribution in [0.25, 0.3) is 0 Å². The standard InChI is InChI=1S/C17H23IN2O4Si/c1-25(2,3)10-9-23-12-20-15(17(21)22)14(18)16(19-20)24-11-13-7-5-4-6-8-13/h4-8H,9-12H2,1-3H3,(H,21,22). The van der Waals surface area contributed by atoms with E-state index in [1.807, 2.05) is 52.9 Å². The molecular weight excluding hydrogens is 451 g/mol. The third-order valence-corrected chi connectivity index (χ3v) is 6.17. The van der Waals surface area contributed by atoms with E-state index in [1.165, 1.54) is 4.68 Å². The van der Waals surface area contributed by atoms with Crippen LogP contribution in [0.3, 0.4) is 0 Å². The van der Waals surface area contributed by atoms with Crippen molar-refractivity contribution in [3.05, 3.63) is 45.2 Å². The normalized spacial score (nSPS) is 11.5. The molecule has 0 aliphatic carbocycles. The lowest BCUT2D eigenvalue weighted by Crippen LogP contribution is -2.22. The number of hydrogen-bond acceptors (Lipinski definition) is 4. The summed E-state index contributed by atoms with van der Waals surface area (Å²) >= 11 is 1.96.